The van der Waals surface area contributed by atoms with Gasteiger partial charge < -0.3 is 4.74 Å². The monoisotopic (exact) mass is 328 g/mol. The quantitative estimate of drug-likeness (QED) is 0.512. The van der Waals surface area contributed by atoms with E-state index in [1.54, 1.807) is 0 Å². The molecule has 1 aromatic rings. The maximum atomic E-state index is 5.99. The topological polar surface area (TPSA) is 9.23 Å². The van der Waals surface area contributed by atoms with Gasteiger partial charge >= 0.3 is 0 Å². The molecule has 2 aliphatic rings. The number of rotatable bonds is 6. The molecule has 1 nitrogen and oxygen atoms in total. The van der Waals surface area contributed by atoms with Crippen molar-refractivity contribution in [1.82, 2.24) is 0 Å². The van der Waals surface area contributed by atoms with Gasteiger partial charge in [0.2, 0.25) is 0 Å². The van der Waals surface area contributed by atoms with Crippen molar-refractivity contribution in [2.75, 3.05) is 6.61 Å². The summed E-state index contributed by atoms with van der Waals surface area (Å²) in [5, 5.41) is 0. The average molecular weight is 329 g/mol. The molecule has 2 aliphatic carbocycles. The zero-order valence-electron chi connectivity index (χ0n) is 15.8. The highest BCUT2D eigenvalue weighted by Gasteiger charge is 2.21. The maximum absolute atomic E-state index is 5.99. The summed E-state index contributed by atoms with van der Waals surface area (Å²) in [5.74, 6) is 4.63. The second-order valence-corrected chi connectivity index (χ2v) is 8.54. The van der Waals surface area contributed by atoms with Crippen LogP contribution in [-0.2, 0) is 0 Å². The smallest absolute Gasteiger partial charge is 0.119 e. The molecule has 0 radical (unpaired) electrons. The second-order valence-electron chi connectivity index (χ2n) is 8.54. The molecule has 0 heterocycles. The molecular weight excluding hydrogens is 292 g/mol. The van der Waals surface area contributed by atoms with Gasteiger partial charge in [-0.15, -0.1) is 0 Å². The Labute approximate surface area is 149 Å². The van der Waals surface area contributed by atoms with Crippen LogP contribution >= 0.6 is 0 Å². The first-order valence-corrected chi connectivity index (χ1v) is 10.4. The first-order chi connectivity index (χ1) is 11.7. The van der Waals surface area contributed by atoms with E-state index in [0.717, 1.165) is 36.0 Å². The minimum Gasteiger partial charge on any atom is -0.494 e. The van der Waals surface area contributed by atoms with E-state index in [9.17, 15) is 0 Å². The Morgan fingerprint density at radius 2 is 1.58 bits per heavy atom. The second kappa shape index (κ2) is 8.92. The fourth-order valence-electron chi connectivity index (χ4n) is 4.79. The molecular formula is C23H36O. The number of hydrogen-bond acceptors (Lipinski definition) is 1. The largest absolute Gasteiger partial charge is 0.494 e. The maximum Gasteiger partial charge on any atom is 0.119 e. The van der Waals surface area contributed by atoms with Crippen LogP contribution in [0, 0.1) is 17.8 Å². The molecule has 0 saturated heterocycles. The molecule has 134 valence electrons. The van der Waals surface area contributed by atoms with Crippen molar-refractivity contribution >= 4 is 0 Å². The average Bonchev–Trinajstić information content (AvgIpc) is 2.61. The standard InChI is InChI=1S/C23H36O/c1-18-9-11-21(12-10-18)22-13-15-23(16-14-22)24-17-5-8-20-7-4-3-6-19(20)2/h13-16,18-21H,3-12,17H2,1-2H3. The van der Waals surface area contributed by atoms with Crippen molar-refractivity contribution in [2.24, 2.45) is 17.8 Å². The van der Waals surface area contributed by atoms with Crippen LogP contribution in [-0.4, -0.2) is 6.61 Å². The number of benzene rings is 1. The van der Waals surface area contributed by atoms with Gasteiger partial charge in [0.1, 0.15) is 5.75 Å². The van der Waals surface area contributed by atoms with E-state index in [2.05, 4.69) is 38.1 Å². The first-order valence-electron chi connectivity index (χ1n) is 10.4. The summed E-state index contributed by atoms with van der Waals surface area (Å²) in [6, 6.07) is 8.99. The lowest BCUT2D eigenvalue weighted by Gasteiger charge is -2.28. The zero-order valence-corrected chi connectivity index (χ0v) is 15.8. The lowest BCUT2D eigenvalue weighted by molar-refractivity contribution is 0.217. The SMILES string of the molecule is CC1CCC(c2ccc(OCCCC3CCCCC3C)cc2)CC1. The Kier molecular flexibility index (Phi) is 6.63. The van der Waals surface area contributed by atoms with Gasteiger partial charge in [0, 0.05) is 0 Å². The molecule has 0 spiro atoms. The van der Waals surface area contributed by atoms with E-state index in [0.29, 0.717) is 0 Å². The Balaban J connectivity index is 1.38. The molecule has 0 amide bonds. The van der Waals surface area contributed by atoms with Crippen LogP contribution in [0.25, 0.3) is 0 Å². The number of ether oxygens (including phenoxy) is 1. The van der Waals surface area contributed by atoms with Crippen LogP contribution in [0.15, 0.2) is 24.3 Å². The van der Waals surface area contributed by atoms with Gasteiger partial charge in [-0.25, -0.2) is 0 Å². The predicted octanol–water partition coefficient (Wildman–Crippen LogP) is 6.97. The van der Waals surface area contributed by atoms with Gasteiger partial charge in [-0.05, 0) is 67.1 Å². The van der Waals surface area contributed by atoms with E-state index in [-0.39, 0.29) is 0 Å². The normalized spacial score (nSPS) is 30.9. The van der Waals surface area contributed by atoms with E-state index in [1.807, 2.05) is 0 Å². The van der Waals surface area contributed by atoms with E-state index in [1.165, 1.54) is 69.8 Å². The summed E-state index contributed by atoms with van der Waals surface area (Å²) in [5.41, 5.74) is 1.52. The van der Waals surface area contributed by atoms with Crippen molar-refractivity contribution in [3.8, 4) is 5.75 Å². The van der Waals surface area contributed by atoms with E-state index in [4.69, 9.17) is 4.74 Å². The van der Waals surface area contributed by atoms with E-state index < -0.39 is 0 Å². The van der Waals surface area contributed by atoms with Gasteiger partial charge in [-0.1, -0.05) is 64.5 Å². The van der Waals surface area contributed by atoms with Gasteiger partial charge in [0.25, 0.3) is 0 Å². The molecule has 2 fully saturated rings. The van der Waals surface area contributed by atoms with Crippen LogP contribution in [0.5, 0.6) is 5.75 Å². The zero-order chi connectivity index (χ0) is 16.8. The van der Waals surface area contributed by atoms with Crippen molar-refractivity contribution in [2.45, 2.75) is 84.0 Å². The molecule has 0 aliphatic heterocycles. The molecule has 0 aromatic heterocycles. The Hall–Kier alpha value is -0.980. The van der Waals surface area contributed by atoms with Crippen molar-refractivity contribution in [1.29, 1.82) is 0 Å². The van der Waals surface area contributed by atoms with Crippen molar-refractivity contribution in [3.05, 3.63) is 29.8 Å². The van der Waals surface area contributed by atoms with Gasteiger partial charge in [-0.3, -0.25) is 0 Å². The number of hydrogen-bond donors (Lipinski definition) is 0. The summed E-state index contributed by atoms with van der Waals surface area (Å²) < 4.78 is 5.99. The fraction of sp³-hybridized carbons (Fsp3) is 0.739. The molecule has 1 aromatic carbocycles. The third-order valence-electron chi connectivity index (χ3n) is 6.64. The highest BCUT2D eigenvalue weighted by molar-refractivity contribution is 5.29. The third kappa shape index (κ3) is 5.01. The fourth-order valence-corrected chi connectivity index (χ4v) is 4.79. The van der Waals surface area contributed by atoms with Gasteiger partial charge in [0.15, 0.2) is 0 Å². The van der Waals surface area contributed by atoms with E-state index >= 15 is 0 Å². The summed E-state index contributed by atoms with van der Waals surface area (Å²) in [4.78, 5) is 0. The molecule has 1 heteroatoms. The van der Waals surface area contributed by atoms with Crippen LogP contribution in [0.3, 0.4) is 0 Å². The minimum atomic E-state index is 0.781. The molecule has 24 heavy (non-hydrogen) atoms. The summed E-state index contributed by atoms with van der Waals surface area (Å²) in [6.07, 6.45) is 13.8. The lowest BCUT2D eigenvalue weighted by Crippen LogP contribution is -2.17. The molecule has 3 rings (SSSR count). The molecule has 2 unspecified atom stereocenters. The molecule has 2 atom stereocenters. The predicted molar refractivity (Wildman–Crippen MR) is 103 cm³/mol. The Morgan fingerprint density at radius 3 is 2.29 bits per heavy atom. The highest BCUT2D eigenvalue weighted by Crippen LogP contribution is 2.36. The Morgan fingerprint density at radius 1 is 0.875 bits per heavy atom. The summed E-state index contributed by atoms with van der Waals surface area (Å²) in [7, 11) is 0. The van der Waals surface area contributed by atoms with Crippen molar-refractivity contribution in [3.63, 3.8) is 0 Å². The molecule has 0 bridgehead atoms. The highest BCUT2D eigenvalue weighted by atomic mass is 16.5. The summed E-state index contributed by atoms with van der Waals surface area (Å²) in [6.45, 7) is 5.71. The first kappa shape index (κ1) is 17.8. The van der Waals surface area contributed by atoms with Crippen LogP contribution in [0.4, 0.5) is 0 Å². The third-order valence-corrected chi connectivity index (χ3v) is 6.64. The minimum absolute atomic E-state index is 0.781. The van der Waals surface area contributed by atoms with Crippen LogP contribution in [0.2, 0.25) is 0 Å². The summed E-state index contributed by atoms with van der Waals surface area (Å²) >= 11 is 0. The van der Waals surface area contributed by atoms with Crippen molar-refractivity contribution < 1.29 is 4.74 Å². The molecule has 2 saturated carbocycles. The van der Waals surface area contributed by atoms with Crippen LogP contribution in [0.1, 0.15) is 89.5 Å². The lowest BCUT2D eigenvalue weighted by atomic mass is 9.78. The van der Waals surface area contributed by atoms with Gasteiger partial charge in [-0.2, -0.15) is 0 Å². The van der Waals surface area contributed by atoms with Gasteiger partial charge in [0.05, 0.1) is 6.61 Å². The molecule has 0 N–H and O–H groups in total. The van der Waals surface area contributed by atoms with Crippen LogP contribution < -0.4 is 4.74 Å². The Bertz CT molecular complexity index is 469.